The number of aliphatic hydroxyl groups is 1. The van der Waals surface area contributed by atoms with Crippen molar-refractivity contribution in [2.75, 3.05) is 0 Å². The zero-order valence-corrected chi connectivity index (χ0v) is 7.04. The number of dihydropyridines is 1. The van der Waals surface area contributed by atoms with Crippen LogP contribution in [-0.4, -0.2) is 17.3 Å². The summed E-state index contributed by atoms with van der Waals surface area (Å²) >= 11 is 0. The fourth-order valence-corrected chi connectivity index (χ4v) is 1.15. The van der Waals surface area contributed by atoms with E-state index < -0.39 is 0 Å². The third-order valence-corrected chi connectivity index (χ3v) is 1.91. The first-order valence-corrected chi connectivity index (χ1v) is 4.03. The lowest BCUT2D eigenvalue weighted by Crippen LogP contribution is -2.36. The summed E-state index contributed by atoms with van der Waals surface area (Å²) < 4.78 is 0. The first-order chi connectivity index (χ1) is 5.24. The Morgan fingerprint density at radius 2 is 2.45 bits per heavy atom. The second-order valence-electron chi connectivity index (χ2n) is 2.91. The van der Waals surface area contributed by atoms with E-state index in [1.807, 2.05) is 32.2 Å². The Kier molecular flexibility index (Phi) is 2.71. The van der Waals surface area contributed by atoms with E-state index in [2.05, 4.69) is 5.32 Å². The van der Waals surface area contributed by atoms with Gasteiger partial charge < -0.3 is 10.4 Å². The monoisotopic (exact) mass is 153 g/mol. The zero-order valence-electron chi connectivity index (χ0n) is 7.04. The topological polar surface area (TPSA) is 32.3 Å². The van der Waals surface area contributed by atoms with E-state index >= 15 is 0 Å². The number of nitrogens with one attached hydrogen (secondary N) is 1. The highest BCUT2D eigenvalue weighted by Crippen LogP contribution is 2.08. The van der Waals surface area contributed by atoms with Crippen LogP contribution in [0.3, 0.4) is 0 Å². The standard InChI is InChI=1S/C9H15NO/c1-3-9(11)8-6-7(2)4-5-10-8/h4-6,8-11H,3H2,1-2H3. The highest BCUT2D eigenvalue weighted by Gasteiger charge is 2.14. The zero-order chi connectivity index (χ0) is 8.27. The van der Waals surface area contributed by atoms with Crippen LogP contribution in [-0.2, 0) is 0 Å². The van der Waals surface area contributed by atoms with Gasteiger partial charge in [0.15, 0.2) is 0 Å². The molecule has 2 heteroatoms. The Balaban J connectivity index is 2.56. The minimum atomic E-state index is -0.269. The number of rotatable bonds is 2. The Morgan fingerprint density at radius 1 is 1.73 bits per heavy atom. The summed E-state index contributed by atoms with van der Waals surface area (Å²) in [6, 6.07) is 0.102. The van der Waals surface area contributed by atoms with Crippen molar-refractivity contribution in [2.45, 2.75) is 32.4 Å². The molecule has 1 aliphatic rings. The summed E-state index contributed by atoms with van der Waals surface area (Å²) in [6.07, 6.45) is 6.45. The lowest BCUT2D eigenvalue weighted by molar-refractivity contribution is 0.146. The van der Waals surface area contributed by atoms with Crippen molar-refractivity contribution >= 4 is 0 Å². The molecule has 2 nitrogen and oxygen atoms in total. The molecule has 0 aromatic carbocycles. The van der Waals surface area contributed by atoms with Crippen LogP contribution in [0.15, 0.2) is 23.9 Å². The van der Waals surface area contributed by atoms with Gasteiger partial charge in [0.1, 0.15) is 0 Å². The highest BCUT2D eigenvalue weighted by atomic mass is 16.3. The maximum atomic E-state index is 9.46. The molecule has 0 bridgehead atoms. The summed E-state index contributed by atoms with van der Waals surface area (Å²) in [6.45, 7) is 4.01. The number of hydrogen-bond acceptors (Lipinski definition) is 2. The van der Waals surface area contributed by atoms with Crippen LogP contribution in [0, 0.1) is 0 Å². The highest BCUT2D eigenvalue weighted by molar-refractivity contribution is 5.23. The quantitative estimate of drug-likeness (QED) is 0.624. The maximum absolute atomic E-state index is 9.46. The molecule has 0 fully saturated rings. The minimum absolute atomic E-state index is 0.102. The van der Waals surface area contributed by atoms with Gasteiger partial charge in [-0.1, -0.05) is 18.6 Å². The van der Waals surface area contributed by atoms with Crippen molar-refractivity contribution in [1.29, 1.82) is 0 Å². The van der Waals surface area contributed by atoms with Gasteiger partial charge in [0.25, 0.3) is 0 Å². The summed E-state index contributed by atoms with van der Waals surface area (Å²) in [5.74, 6) is 0. The molecule has 11 heavy (non-hydrogen) atoms. The van der Waals surface area contributed by atoms with E-state index in [1.54, 1.807) is 0 Å². The Morgan fingerprint density at radius 3 is 3.00 bits per heavy atom. The SMILES string of the molecule is CCC(O)C1C=C(C)C=CN1. The molecule has 0 amide bonds. The summed E-state index contributed by atoms with van der Waals surface area (Å²) in [7, 11) is 0. The molecule has 2 atom stereocenters. The second-order valence-corrected chi connectivity index (χ2v) is 2.91. The first-order valence-electron chi connectivity index (χ1n) is 4.03. The van der Waals surface area contributed by atoms with Crippen molar-refractivity contribution in [3.63, 3.8) is 0 Å². The lowest BCUT2D eigenvalue weighted by atomic mass is 10.0. The fourth-order valence-electron chi connectivity index (χ4n) is 1.15. The molecule has 2 unspecified atom stereocenters. The Hall–Kier alpha value is -0.760. The molecule has 0 aromatic rings. The van der Waals surface area contributed by atoms with E-state index in [0.29, 0.717) is 0 Å². The summed E-state index contributed by atoms with van der Waals surface area (Å²) in [5, 5.41) is 12.6. The van der Waals surface area contributed by atoms with Crippen LogP contribution in [0.1, 0.15) is 20.3 Å². The average molecular weight is 153 g/mol. The van der Waals surface area contributed by atoms with Gasteiger partial charge in [-0.25, -0.2) is 0 Å². The van der Waals surface area contributed by atoms with E-state index in [4.69, 9.17) is 0 Å². The van der Waals surface area contributed by atoms with Crippen LogP contribution in [0.4, 0.5) is 0 Å². The molecule has 0 saturated carbocycles. The third-order valence-electron chi connectivity index (χ3n) is 1.91. The molecule has 1 rings (SSSR count). The van der Waals surface area contributed by atoms with Gasteiger partial charge in [-0.3, -0.25) is 0 Å². The van der Waals surface area contributed by atoms with Gasteiger partial charge >= 0.3 is 0 Å². The van der Waals surface area contributed by atoms with Gasteiger partial charge in [-0.2, -0.15) is 0 Å². The third kappa shape index (κ3) is 2.09. The largest absolute Gasteiger partial charge is 0.391 e. The lowest BCUT2D eigenvalue weighted by Gasteiger charge is -2.22. The normalized spacial score (nSPS) is 25.7. The van der Waals surface area contributed by atoms with Crippen molar-refractivity contribution < 1.29 is 5.11 Å². The van der Waals surface area contributed by atoms with Crippen LogP contribution in [0.2, 0.25) is 0 Å². The molecule has 0 radical (unpaired) electrons. The molecular weight excluding hydrogens is 138 g/mol. The second kappa shape index (κ2) is 3.58. The van der Waals surface area contributed by atoms with Crippen LogP contribution < -0.4 is 5.32 Å². The predicted molar refractivity (Wildman–Crippen MR) is 46.1 cm³/mol. The smallest absolute Gasteiger partial charge is 0.0774 e. The van der Waals surface area contributed by atoms with Crippen molar-refractivity contribution in [3.05, 3.63) is 23.9 Å². The first kappa shape index (κ1) is 8.34. The van der Waals surface area contributed by atoms with Gasteiger partial charge in [0.2, 0.25) is 0 Å². The van der Waals surface area contributed by atoms with Crippen LogP contribution in [0.25, 0.3) is 0 Å². The average Bonchev–Trinajstić information content (AvgIpc) is 2.03. The fraction of sp³-hybridized carbons (Fsp3) is 0.556. The predicted octanol–water partition coefficient (Wildman–Crippen LogP) is 1.19. The molecule has 0 saturated heterocycles. The Labute approximate surface area is 67.6 Å². The van der Waals surface area contributed by atoms with Gasteiger partial charge in [-0.05, 0) is 25.6 Å². The molecule has 1 aliphatic heterocycles. The molecule has 1 heterocycles. The van der Waals surface area contributed by atoms with Gasteiger partial charge in [0.05, 0.1) is 12.1 Å². The molecular formula is C9H15NO. The number of hydrogen-bond donors (Lipinski definition) is 2. The van der Waals surface area contributed by atoms with E-state index in [1.165, 1.54) is 5.57 Å². The van der Waals surface area contributed by atoms with E-state index in [9.17, 15) is 5.11 Å². The molecule has 0 spiro atoms. The summed E-state index contributed by atoms with van der Waals surface area (Å²) in [4.78, 5) is 0. The van der Waals surface area contributed by atoms with Crippen LogP contribution >= 0.6 is 0 Å². The number of aliphatic hydroxyl groups excluding tert-OH is 1. The van der Waals surface area contributed by atoms with Crippen molar-refractivity contribution in [2.24, 2.45) is 0 Å². The van der Waals surface area contributed by atoms with Gasteiger partial charge in [-0.15, -0.1) is 0 Å². The molecule has 0 aliphatic carbocycles. The molecule has 0 aromatic heterocycles. The Bertz CT molecular complexity index is 184. The van der Waals surface area contributed by atoms with Crippen molar-refractivity contribution in [3.8, 4) is 0 Å². The molecule has 62 valence electrons. The van der Waals surface area contributed by atoms with Gasteiger partial charge in [0, 0.05) is 0 Å². The summed E-state index contributed by atoms with van der Waals surface area (Å²) in [5.41, 5.74) is 1.21. The van der Waals surface area contributed by atoms with Crippen molar-refractivity contribution in [1.82, 2.24) is 5.32 Å². The number of allylic oxidation sites excluding steroid dienone is 2. The molecule has 2 N–H and O–H groups in total. The van der Waals surface area contributed by atoms with E-state index in [-0.39, 0.29) is 12.1 Å². The minimum Gasteiger partial charge on any atom is -0.391 e. The maximum Gasteiger partial charge on any atom is 0.0774 e. The van der Waals surface area contributed by atoms with Crippen LogP contribution in [0.5, 0.6) is 0 Å². The van der Waals surface area contributed by atoms with E-state index in [0.717, 1.165) is 6.42 Å².